The Hall–Kier alpha value is -0.0100. The van der Waals surface area contributed by atoms with Gasteiger partial charge in [-0.05, 0) is 6.92 Å². The molecule has 0 heterocycles. The molecule has 0 saturated carbocycles. The van der Waals surface area contributed by atoms with Crippen molar-refractivity contribution in [3.8, 4) is 0 Å². The SMILES string of the molecule is C=CCC(Cl)(Cl)C(C)=O. The van der Waals surface area contributed by atoms with E-state index < -0.39 is 4.33 Å². The lowest BCUT2D eigenvalue weighted by Crippen LogP contribution is -2.21. The highest BCUT2D eigenvalue weighted by Crippen LogP contribution is 2.26. The number of carbonyl (C=O) groups is 1. The van der Waals surface area contributed by atoms with Gasteiger partial charge in [0.25, 0.3) is 0 Å². The molecule has 0 aliphatic rings. The summed E-state index contributed by atoms with van der Waals surface area (Å²) in [6.07, 6.45) is 1.81. The lowest BCUT2D eigenvalue weighted by molar-refractivity contribution is -0.117. The maximum atomic E-state index is 10.5. The minimum absolute atomic E-state index is 0.245. The second-order valence-corrected chi connectivity index (χ2v) is 3.24. The second-order valence-electron chi connectivity index (χ2n) is 1.75. The van der Waals surface area contributed by atoms with Gasteiger partial charge in [0.05, 0.1) is 0 Å². The van der Waals surface area contributed by atoms with Crippen LogP contribution in [0.3, 0.4) is 0 Å². The predicted octanol–water partition coefficient (Wildman–Crippen LogP) is 2.33. The van der Waals surface area contributed by atoms with Crippen molar-refractivity contribution in [2.45, 2.75) is 17.7 Å². The first-order valence-electron chi connectivity index (χ1n) is 2.50. The maximum absolute atomic E-state index is 10.5. The molecule has 0 bridgehead atoms. The summed E-state index contributed by atoms with van der Waals surface area (Å²) in [4.78, 5) is 10.5. The van der Waals surface area contributed by atoms with Crippen molar-refractivity contribution in [2.75, 3.05) is 0 Å². The Kier molecular flexibility index (Phi) is 3.23. The molecule has 0 aromatic heterocycles. The van der Waals surface area contributed by atoms with Gasteiger partial charge in [0.15, 0.2) is 10.1 Å². The van der Waals surface area contributed by atoms with E-state index in [0.717, 1.165) is 0 Å². The van der Waals surface area contributed by atoms with Gasteiger partial charge in [-0.1, -0.05) is 29.3 Å². The van der Waals surface area contributed by atoms with Crippen molar-refractivity contribution in [2.24, 2.45) is 0 Å². The fraction of sp³-hybridized carbons (Fsp3) is 0.500. The van der Waals surface area contributed by atoms with Crippen molar-refractivity contribution in [1.29, 1.82) is 0 Å². The summed E-state index contributed by atoms with van der Waals surface area (Å²) in [6, 6.07) is 0. The highest BCUT2D eigenvalue weighted by Gasteiger charge is 2.27. The van der Waals surface area contributed by atoms with Crippen molar-refractivity contribution < 1.29 is 4.79 Å². The summed E-state index contributed by atoms with van der Waals surface area (Å²) in [5.41, 5.74) is 0. The molecule has 3 heteroatoms. The zero-order valence-corrected chi connectivity index (χ0v) is 6.67. The van der Waals surface area contributed by atoms with Crippen LogP contribution in [0.4, 0.5) is 0 Å². The number of rotatable bonds is 3. The normalized spacial score (nSPS) is 11.0. The van der Waals surface area contributed by atoms with E-state index in [1.54, 1.807) is 0 Å². The molecule has 0 aliphatic heterocycles. The lowest BCUT2D eigenvalue weighted by atomic mass is 10.2. The molecule has 0 spiro atoms. The van der Waals surface area contributed by atoms with Crippen LogP contribution in [-0.4, -0.2) is 10.1 Å². The number of alkyl halides is 2. The van der Waals surface area contributed by atoms with Gasteiger partial charge in [-0.25, -0.2) is 0 Å². The number of Topliss-reactive ketones (excluding diaryl/α,β-unsaturated/α-hetero) is 1. The van der Waals surface area contributed by atoms with Crippen LogP contribution in [0, 0.1) is 0 Å². The Labute approximate surface area is 64.6 Å². The molecular weight excluding hydrogens is 159 g/mol. The Morgan fingerprint density at radius 1 is 1.78 bits per heavy atom. The third-order valence-corrected chi connectivity index (χ3v) is 1.76. The van der Waals surface area contributed by atoms with E-state index >= 15 is 0 Å². The largest absolute Gasteiger partial charge is 0.297 e. The summed E-state index contributed by atoms with van der Waals surface area (Å²) in [6.45, 7) is 4.76. The van der Waals surface area contributed by atoms with Crippen molar-refractivity contribution >= 4 is 29.0 Å². The molecule has 0 unspecified atom stereocenters. The minimum Gasteiger partial charge on any atom is -0.297 e. The molecule has 0 amide bonds. The predicted molar refractivity (Wildman–Crippen MR) is 39.9 cm³/mol. The monoisotopic (exact) mass is 166 g/mol. The van der Waals surface area contributed by atoms with Crippen LogP contribution in [0.2, 0.25) is 0 Å². The summed E-state index contributed by atoms with van der Waals surface area (Å²) >= 11 is 11.0. The average molecular weight is 167 g/mol. The zero-order chi connectivity index (χ0) is 7.49. The van der Waals surface area contributed by atoms with E-state index in [0.29, 0.717) is 6.42 Å². The number of allylic oxidation sites excluding steroid dienone is 1. The minimum atomic E-state index is -1.26. The topological polar surface area (TPSA) is 17.1 Å². The summed E-state index contributed by atoms with van der Waals surface area (Å²) < 4.78 is -1.26. The average Bonchev–Trinajstić information content (AvgIpc) is 1.65. The Morgan fingerprint density at radius 2 is 2.22 bits per heavy atom. The number of ketones is 1. The number of halogens is 2. The second kappa shape index (κ2) is 3.23. The molecule has 0 aromatic rings. The van der Waals surface area contributed by atoms with Crippen molar-refractivity contribution in [3.05, 3.63) is 12.7 Å². The van der Waals surface area contributed by atoms with Gasteiger partial charge in [0.2, 0.25) is 0 Å². The van der Waals surface area contributed by atoms with Crippen LogP contribution in [0.5, 0.6) is 0 Å². The Balaban J connectivity index is 4.00. The maximum Gasteiger partial charge on any atom is 0.179 e. The molecule has 9 heavy (non-hydrogen) atoms. The number of hydrogen-bond acceptors (Lipinski definition) is 1. The molecule has 1 nitrogen and oxygen atoms in total. The van der Waals surface area contributed by atoms with Gasteiger partial charge in [-0.15, -0.1) is 6.58 Å². The van der Waals surface area contributed by atoms with Crippen LogP contribution in [0.15, 0.2) is 12.7 Å². The van der Waals surface area contributed by atoms with Crippen molar-refractivity contribution in [1.82, 2.24) is 0 Å². The first kappa shape index (κ1) is 8.99. The molecule has 52 valence electrons. The molecular formula is C6H8Cl2O. The van der Waals surface area contributed by atoms with Gasteiger partial charge < -0.3 is 0 Å². The first-order valence-corrected chi connectivity index (χ1v) is 3.26. The van der Waals surface area contributed by atoms with E-state index in [-0.39, 0.29) is 5.78 Å². The van der Waals surface area contributed by atoms with Crippen LogP contribution in [0.25, 0.3) is 0 Å². The number of carbonyl (C=O) groups excluding carboxylic acids is 1. The van der Waals surface area contributed by atoms with Crippen LogP contribution < -0.4 is 0 Å². The van der Waals surface area contributed by atoms with E-state index in [4.69, 9.17) is 23.2 Å². The third kappa shape index (κ3) is 2.87. The summed E-state index contributed by atoms with van der Waals surface area (Å²) in [5.74, 6) is -0.245. The number of hydrogen-bond donors (Lipinski definition) is 0. The van der Waals surface area contributed by atoms with E-state index in [9.17, 15) is 4.79 Å². The molecule has 0 aromatic carbocycles. The molecule has 0 aliphatic carbocycles. The van der Waals surface area contributed by atoms with E-state index in [1.807, 2.05) is 0 Å². The Morgan fingerprint density at radius 3 is 2.33 bits per heavy atom. The third-order valence-electron chi connectivity index (χ3n) is 0.916. The van der Waals surface area contributed by atoms with Gasteiger partial charge in [-0.3, -0.25) is 4.79 Å². The smallest absolute Gasteiger partial charge is 0.179 e. The van der Waals surface area contributed by atoms with Gasteiger partial charge in [0.1, 0.15) is 0 Å². The van der Waals surface area contributed by atoms with Crippen LogP contribution in [0.1, 0.15) is 13.3 Å². The van der Waals surface area contributed by atoms with Crippen LogP contribution in [-0.2, 0) is 4.79 Å². The van der Waals surface area contributed by atoms with Crippen molar-refractivity contribution in [3.63, 3.8) is 0 Å². The van der Waals surface area contributed by atoms with Crippen LogP contribution >= 0.6 is 23.2 Å². The summed E-state index contributed by atoms with van der Waals surface area (Å²) in [7, 11) is 0. The first-order chi connectivity index (χ1) is 4.00. The molecule has 0 atom stereocenters. The molecule has 0 fully saturated rings. The van der Waals surface area contributed by atoms with Gasteiger partial charge in [0, 0.05) is 6.42 Å². The standard InChI is InChI=1S/C6H8Cl2O/c1-3-4-6(7,8)5(2)9/h3H,1,4H2,2H3. The molecule has 0 N–H and O–H groups in total. The van der Waals surface area contributed by atoms with Gasteiger partial charge in [-0.2, -0.15) is 0 Å². The molecule has 0 saturated heterocycles. The zero-order valence-electron chi connectivity index (χ0n) is 5.16. The van der Waals surface area contributed by atoms with E-state index in [1.165, 1.54) is 13.0 Å². The highest BCUT2D eigenvalue weighted by atomic mass is 35.5. The lowest BCUT2D eigenvalue weighted by Gasteiger charge is -2.11. The Bertz CT molecular complexity index is 129. The quantitative estimate of drug-likeness (QED) is 0.465. The highest BCUT2D eigenvalue weighted by molar-refractivity contribution is 6.58. The van der Waals surface area contributed by atoms with E-state index in [2.05, 4.69) is 6.58 Å². The molecule has 0 radical (unpaired) electrons. The fourth-order valence-electron chi connectivity index (χ4n) is 0.325. The fourth-order valence-corrected chi connectivity index (χ4v) is 0.543. The summed E-state index contributed by atoms with van der Waals surface area (Å²) in [5, 5.41) is 0. The van der Waals surface area contributed by atoms with Gasteiger partial charge >= 0.3 is 0 Å². The molecule has 0 rings (SSSR count).